The van der Waals surface area contributed by atoms with Crippen LogP contribution in [-0.2, 0) is 9.53 Å². The molecule has 1 fully saturated rings. The van der Waals surface area contributed by atoms with E-state index in [0.29, 0.717) is 31.1 Å². The highest BCUT2D eigenvalue weighted by molar-refractivity contribution is 6.30. The van der Waals surface area contributed by atoms with Crippen molar-refractivity contribution >= 4 is 29.2 Å². The minimum Gasteiger partial charge on any atom is -0.379 e. The number of nitrogens with zero attached hydrogens (tertiary/aromatic N) is 1. The minimum absolute atomic E-state index is 0.00652. The second kappa shape index (κ2) is 8.89. The molecule has 2 rings (SSSR count). The van der Waals surface area contributed by atoms with Gasteiger partial charge in [0.15, 0.2) is 0 Å². The van der Waals surface area contributed by atoms with Crippen molar-refractivity contribution < 1.29 is 14.3 Å². The highest BCUT2D eigenvalue weighted by atomic mass is 35.5. The van der Waals surface area contributed by atoms with Gasteiger partial charge < -0.3 is 20.3 Å². The molecule has 0 bridgehead atoms. The molecule has 7 heteroatoms. The van der Waals surface area contributed by atoms with Crippen LogP contribution in [0.25, 0.3) is 0 Å². The summed E-state index contributed by atoms with van der Waals surface area (Å²) in [6.45, 7) is 5.57. The Morgan fingerprint density at radius 2 is 2.08 bits per heavy atom. The quantitative estimate of drug-likeness (QED) is 0.740. The van der Waals surface area contributed by atoms with Gasteiger partial charge in [0, 0.05) is 36.8 Å². The molecule has 6 nitrogen and oxygen atoms in total. The summed E-state index contributed by atoms with van der Waals surface area (Å²) < 4.78 is 5.41. The van der Waals surface area contributed by atoms with E-state index in [1.54, 1.807) is 29.2 Å². The Bertz CT molecular complexity index is 563. The number of carbonyl (C=O) groups excluding carboxylic acids is 2. The fraction of sp³-hybridized carbons (Fsp3) is 0.529. The smallest absolute Gasteiger partial charge is 0.315 e. The molecule has 24 heavy (non-hydrogen) atoms. The third-order valence-electron chi connectivity index (χ3n) is 3.66. The number of urea groups is 1. The number of amides is 3. The number of rotatable bonds is 7. The van der Waals surface area contributed by atoms with Gasteiger partial charge in [-0.05, 0) is 44.5 Å². The van der Waals surface area contributed by atoms with Crippen molar-refractivity contribution in [2.75, 3.05) is 24.6 Å². The molecular weight excluding hydrogens is 330 g/mol. The zero-order chi connectivity index (χ0) is 17.5. The SMILES string of the molecule is CC(C)OCCCNC(=O)N[C@H]1CC(=O)N(c2ccc(Cl)cc2)C1. The van der Waals surface area contributed by atoms with Crippen molar-refractivity contribution in [3.05, 3.63) is 29.3 Å². The fourth-order valence-corrected chi connectivity index (χ4v) is 2.63. The van der Waals surface area contributed by atoms with Crippen molar-refractivity contribution in [1.82, 2.24) is 10.6 Å². The number of hydrogen-bond donors (Lipinski definition) is 2. The molecule has 132 valence electrons. The monoisotopic (exact) mass is 353 g/mol. The molecule has 0 aromatic heterocycles. The first-order valence-electron chi connectivity index (χ1n) is 8.17. The summed E-state index contributed by atoms with van der Waals surface area (Å²) in [6.07, 6.45) is 1.25. The molecule has 1 atom stereocenters. The summed E-state index contributed by atoms with van der Waals surface area (Å²) >= 11 is 5.86. The molecule has 1 aliphatic rings. The first-order chi connectivity index (χ1) is 11.5. The van der Waals surface area contributed by atoms with Gasteiger partial charge in [0.25, 0.3) is 0 Å². The van der Waals surface area contributed by atoms with E-state index in [-0.39, 0.29) is 24.1 Å². The van der Waals surface area contributed by atoms with Gasteiger partial charge in [-0.15, -0.1) is 0 Å². The second-order valence-electron chi connectivity index (χ2n) is 6.06. The van der Waals surface area contributed by atoms with Crippen LogP contribution in [0.2, 0.25) is 5.02 Å². The largest absolute Gasteiger partial charge is 0.379 e. The fourth-order valence-electron chi connectivity index (χ4n) is 2.50. The van der Waals surface area contributed by atoms with E-state index >= 15 is 0 Å². The summed E-state index contributed by atoms with van der Waals surface area (Å²) in [5, 5.41) is 6.25. The second-order valence-corrected chi connectivity index (χ2v) is 6.49. The van der Waals surface area contributed by atoms with Crippen LogP contribution < -0.4 is 15.5 Å². The predicted octanol–water partition coefficient (Wildman–Crippen LogP) is 2.56. The molecule has 1 aromatic carbocycles. The Balaban J connectivity index is 1.73. The van der Waals surface area contributed by atoms with Crippen molar-refractivity contribution in [2.24, 2.45) is 0 Å². The van der Waals surface area contributed by atoms with Crippen molar-refractivity contribution in [3.63, 3.8) is 0 Å². The zero-order valence-corrected chi connectivity index (χ0v) is 14.8. The van der Waals surface area contributed by atoms with Gasteiger partial charge in [0.1, 0.15) is 0 Å². The molecule has 0 unspecified atom stereocenters. The molecule has 1 aliphatic heterocycles. The van der Waals surface area contributed by atoms with Crippen molar-refractivity contribution in [3.8, 4) is 0 Å². The number of halogens is 1. The van der Waals surface area contributed by atoms with Crippen molar-refractivity contribution in [2.45, 2.75) is 38.8 Å². The highest BCUT2D eigenvalue weighted by Gasteiger charge is 2.31. The van der Waals surface area contributed by atoms with Gasteiger partial charge in [-0.3, -0.25) is 4.79 Å². The van der Waals surface area contributed by atoms with Crippen LogP contribution >= 0.6 is 11.6 Å². The summed E-state index contributed by atoms with van der Waals surface area (Å²) in [5.74, 6) is -0.00652. The van der Waals surface area contributed by atoms with Crippen LogP contribution in [-0.4, -0.2) is 43.8 Å². The van der Waals surface area contributed by atoms with Gasteiger partial charge in [-0.1, -0.05) is 11.6 Å². The minimum atomic E-state index is -0.254. The van der Waals surface area contributed by atoms with Crippen LogP contribution in [0.5, 0.6) is 0 Å². The Labute approximate surface area is 147 Å². The van der Waals surface area contributed by atoms with E-state index in [4.69, 9.17) is 16.3 Å². The first-order valence-corrected chi connectivity index (χ1v) is 8.55. The highest BCUT2D eigenvalue weighted by Crippen LogP contribution is 2.23. The lowest BCUT2D eigenvalue weighted by Gasteiger charge is -2.17. The summed E-state index contributed by atoms with van der Waals surface area (Å²) in [4.78, 5) is 25.7. The number of ether oxygens (including phenoxy) is 1. The van der Waals surface area contributed by atoms with Crippen LogP contribution in [0, 0.1) is 0 Å². The van der Waals surface area contributed by atoms with E-state index in [9.17, 15) is 9.59 Å². The maximum absolute atomic E-state index is 12.1. The van der Waals surface area contributed by atoms with Crippen LogP contribution in [0.3, 0.4) is 0 Å². The van der Waals surface area contributed by atoms with E-state index in [2.05, 4.69) is 10.6 Å². The van der Waals surface area contributed by atoms with Crippen LogP contribution in [0.15, 0.2) is 24.3 Å². The Morgan fingerprint density at radius 1 is 1.38 bits per heavy atom. The molecule has 0 radical (unpaired) electrons. The number of benzene rings is 1. The Morgan fingerprint density at radius 3 is 2.75 bits per heavy atom. The van der Waals surface area contributed by atoms with Gasteiger partial charge >= 0.3 is 6.03 Å². The van der Waals surface area contributed by atoms with E-state index < -0.39 is 0 Å². The Kier molecular flexibility index (Phi) is 6.87. The maximum Gasteiger partial charge on any atom is 0.315 e. The molecular formula is C17H24ClN3O3. The standard InChI is InChI=1S/C17H24ClN3O3/c1-12(2)24-9-3-8-19-17(23)20-14-10-16(22)21(11-14)15-6-4-13(18)5-7-15/h4-7,12,14H,3,8-11H2,1-2H3,(H2,19,20,23)/t14-/m0/s1. The summed E-state index contributed by atoms with van der Waals surface area (Å²) in [7, 11) is 0. The number of anilines is 1. The zero-order valence-electron chi connectivity index (χ0n) is 14.0. The van der Waals surface area contributed by atoms with Gasteiger partial charge in [-0.25, -0.2) is 4.79 Å². The summed E-state index contributed by atoms with van der Waals surface area (Å²) in [5.41, 5.74) is 0.792. The summed E-state index contributed by atoms with van der Waals surface area (Å²) in [6, 6.07) is 6.65. The van der Waals surface area contributed by atoms with Crippen LogP contribution in [0.1, 0.15) is 26.7 Å². The van der Waals surface area contributed by atoms with E-state index in [1.165, 1.54) is 0 Å². The third-order valence-corrected chi connectivity index (χ3v) is 3.91. The molecule has 0 spiro atoms. The normalized spacial score (nSPS) is 17.4. The predicted molar refractivity (Wildman–Crippen MR) is 94.4 cm³/mol. The number of carbonyl (C=O) groups is 2. The maximum atomic E-state index is 12.1. The van der Waals surface area contributed by atoms with Gasteiger partial charge in [0.2, 0.25) is 5.91 Å². The van der Waals surface area contributed by atoms with Gasteiger partial charge in [0.05, 0.1) is 12.1 Å². The van der Waals surface area contributed by atoms with Gasteiger partial charge in [-0.2, -0.15) is 0 Å². The Hall–Kier alpha value is -1.79. The lowest BCUT2D eigenvalue weighted by Crippen LogP contribution is -2.43. The lowest BCUT2D eigenvalue weighted by molar-refractivity contribution is -0.117. The average molecular weight is 354 g/mol. The number of hydrogen-bond acceptors (Lipinski definition) is 3. The lowest BCUT2D eigenvalue weighted by atomic mass is 10.2. The van der Waals surface area contributed by atoms with E-state index in [1.807, 2.05) is 13.8 Å². The molecule has 1 heterocycles. The molecule has 2 N–H and O–H groups in total. The first kappa shape index (κ1) is 18.5. The average Bonchev–Trinajstić information content (AvgIpc) is 2.88. The molecule has 0 saturated carbocycles. The molecule has 1 saturated heterocycles. The molecule has 3 amide bonds. The van der Waals surface area contributed by atoms with E-state index in [0.717, 1.165) is 12.1 Å². The topological polar surface area (TPSA) is 70.7 Å². The van der Waals surface area contributed by atoms with Crippen molar-refractivity contribution in [1.29, 1.82) is 0 Å². The van der Waals surface area contributed by atoms with Crippen LogP contribution in [0.4, 0.5) is 10.5 Å². The number of nitrogens with one attached hydrogen (secondary N) is 2. The molecule has 0 aliphatic carbocycles. The third kappa shape index (κ3) is 5.69. The molecule has 1 aromatic rings.